The first-order valence-electron chi connectivity index (χ1n) is 19.0. The molecule has 0 fully saturated rings. The standard InChI is InChI=1S/C53H34N2/c1-4-13-34(14-5-1)40-31-39-17-8-3-9-20-41(39)48(32-40)50-33-49(54-53(55-50)38-15-6-2-7-16-38)46-30-29-44(42-21-10-11-22-43(42)46)45-27-25-37-24-23-35-18-12-19-36-26-28-47(45)52(37)51(35)36/h1-2,4-33H,3H2. The summed E-state index contributed by atoms with van der Waals surface area (Å²) in [5, 5.41) is 10.1. The average Bonchev–Trinajstić information content (AvgIpc) is 3.51. The van der Waals surface area contributed by atoms with Crippen LogP contribution < -0.4 is 0 Å². The fourth-order valence-corrected chi connectivity index (χ4v) is 8.64. The molecule has 55 heavy (non-hydrogen) atoms. The van der Waals surface area contributed by atoms with E-state index in [2.05, 4.69) is 188 Å². The fraction of sp³-hybridized carbons (Fsp3) is 0.0189. The van der Waals surface area contributed by atoms with Gasteiger partial charge in [0.2, 0.25) is 0 Å². The molecule has 0 N–H and O–H groups in total. The Bertz CT molecular complexity index is 3140. The zero-order chi connectivity index (χ0) is 36.3. The molecule has 0 atom stereocenters. The quantitative estimate of drug-likeness (QED) is 0.167. The van der Waals surface area contributed by atoms with Gasteiger partial charge in [-0.25, -0.2) is 9.97 Å². The summed E-state index contributed by atoms with van der Waals surface area (Å²) in [6.45, 7) is 0. The van der Waals surface area contributed by atoms with Crippen molar-refractivity contribution >= 4 is 55.2 Å². The Morgan fingerprint density at radius 2 is 0.945 bits per heavy atom. The maximum absolute atomic E-state index is 5.33. The predicted molar refractivity (Wildman–Crippen MR) is 233 cm³/mol. The molecular formula is C53H34N2. The van der Waals surface area contributed by atoms with E-state index in [-0.39, 0.29) is 0 Å². The lowest BCUT2D eigenvalue weighted by Crippen LogP contribution is -1.99. The smallest absolute Gasteiger partial charge is 0.160 e. The lowest BCUT2D eigenvalue weighted by molar-refractivity contribution is 1.18. The van der Waals surface area contributed by atoms with Gasteiger partial charge in [-0.3, -0.25) is 0 Å². The van der Waals surface area contributed by atoms with Gasteiger partial charge >= 0.3 is 0 Å². The van der Waals surface area contributed by atoms with E-state index in [1.807, 2.05) is 6.07 Å². The first-order valence-corrected chi connectivity index (χ1v) is 19.0. The molecule has 11 rings (SSSR count). The summed E-state index contributed by atoms with van der Waals surface area (Å²) in [5.74, 6) is 0.708. The van der Waals surface area contributed by atoms with Crippen LogP contribution in [0, 0.1) is 0 Å². The van der Waals surface area contributed by atoms with Crippen molar-refractivity contribution in [3.63, 3.8) is 0 Å². The second-order valence-electron chi connectivity index (χ2n) is 14.4. The van der Waals surface area contributed by atoms with E-state index in [9.17, 15) is 0 Å². The van der Waals surface area contributed by atoms with Crippen molar-refractivity contribution in [2.24, 2.45) is 0 Å². The summed E-state index contributed by atoms with van der Waals surface area (Å²) in [6.07, 6.45) is 9.86. The van der Waals surface area contributed by atoms with Crippen LogP contribution in [0.1, 0.15) is 17.5 Å². The summed E-state index contributed by atoms with van der Waals surface area (Å²) in [7, 11) is 0. The highest BCUT2D eigenvalue weighted by molar-refractivity contribution is 6.26. The van der Waals surface area contributed by atoms with E-state index < -0.39 is 0 Å². The molecule has 0 saturated carbocycles. The third kappa shape index (κ3) is 5.26. The molecule has 2 nitrogen and oxygen atoms in total. The van der Waals surface area contributed by atoms with Gasteiger partial charge in [-0.15, -0.1) is 0 Å². The number of rotatable bonds is 5. The van der Waals surface area contributed by atoms with Gasteiger partial charge in [0, 0.05) is 16.7 Å². The summed E-state index contributed by atoms with van der Waals surface area (Å²) in [6, 6.07) is 61.4. The summed E-state index contributed by atoms with van der Waals surface area (Å²) >= 11 is 0. The Morgan fingerprint density at radius 3 is 1.73 bits per heavy atom. The Kier molecular flexibility index (Phi) is 7.28. The van der Waals surface area contributed by atoms with Crippen molar-refractivity contribution in [1.82, 2.24) is 9.97 Å². The van der Waals surface area contributed by atoms with Crippen LogP contribution in [0.3, 0.4) is 0 Å². The van der Waals surface area contributed by atoms with Crippen LogP contribution in [0.25, 0.3) is 111 Å². The van der Waals surface area contributed by atoms with Gasteiger partial charge in [0.05, 0.1) is 11.4 Å². The van der Waals surface area contributed by atoms with Crippen molar-refractivity contribution in [2.45, 2.75) is 6.42 Å². The first kappa shape index (κ1) is 31.4. The second kappa shape index (κ2) is 12.8. The minimum Gasteiger partial charge on any atom is -0.228 e. The van der Waals surface area contributed by atoms with Gasteiger partial charge in [-0.1, -0.05) is 176 Å². The Balaban J connectivity index is 1.15. The molecule has 1 heterocycles. The fourth-order valence-electron chi connectivity index (χ4n) is 8.64. The molecule has 0 amide bonds. The molecular weight excluding hydrogens is 665 g/mol. The maximum Gasteiger partial charge on any atom is 0.160 e. The largest absolute Gasteiger partial charge is 0.228 e. The number of allylic oxidation sites excluding steroid dienone is 2. The zero-order valence-corrected chi connectivity index (χ0v) is 30.1. The molecule has 1 aromatic heterocycles. The van der Waals surface area contributed by atoms with E-state index >= 15 is 0 Å². The van der Waals surface area contributed by atoms with Gasteiger partial charge < -0.3 is 0 Å². The van der Waals surface area contributed by atoms with Crippen LogP contribution >= 0.6 is 0 Å². The molecule has 2 heteroatoms. The number of fused-ring (bicyclic) bond motifs is 2. The van der Waals surface area contributed by atoms with Crippen molar-refractivity contribution in [1.29, 1.82) is 0 Å². The van der Waals surface area contributed by atoms with Gasteiger partial charge in [-0.05, 0) is 101 Å². The topological polar surface area (TPSA) is 25.8 Å². The lowest BCUT2D eigenvalue weighted by atomic mass is 9.87. The molecule has 10 aromatic rings. The number of nitrogens with zero attached hydrogens (tertiary/aromatic N) is 2. The number of aromatic nitrogens is 2. The summed E-state index contributed by atoms with van der Waals surface area (Å²) in [4.78, 5) is 10.6. The van der Waals surface area contributed by atoms with E-state index in [4.69, 9.17) is 9.97 Å². The highest BCUT2D eigenvalue weighted by Gasteiger charge is 2.19. The van der Waals surface area contributed by atoms with E-state index in [1.165, 1.54) is 71.1 Å². The van der Waals surface area contributed by atoms with Gasteiger partial charge in [0.25, 0.3) is 0 Å². The average molecular weight is 699 g/mol. The van der Waals surface area contributed by atoms with Gasteiger partial charge in [0.1, 0.15) is 0 Å². The highest BCUT2D eigenvalue weighted by atomic mass is 14.9. The Labute approximate surface area is 319 Å². The minimum absolute atomic E-state index is 0.708. The van der Waals surface area contributed by atoms with Crippen LogP contribution in [0.4, 0.5) is 0 Å². The Hall–Kier alpha value is -7.16. The summed E-state index contributed by atoms with van der Waals surface area (Å²) in [5.41, 5.74) is 12.1. The van der Waals surface area contributed by atoms with Crippen molar-refractivity contribution in [3.05, 3.63) is 193 Å². The molecule has 256 valence electrons. The SMILES string of the molecule is C1=Cc2cc(-c3ccccc3)cc(-c3cc(-c4ccc(-c5ccc6ccc7cccc8ccc5c6c78)c5ccccc45)nc(-c4ccccc4)n3)c2C=CC1. The molecule has 9 aromatic carbocycles. The maximum atomic E-state index is 5.33. The molecule has 0 unspecified atom stereocenters. The first-order chi connectivity index (χ1) is 27.3. The van der Waals surface area contributed by atoms with Crippen molar-refractivity contribution < 1.29 is 0 Å². The second-order valence-corrected chi connectivity index (χ2v) is 14.4. The van der Waals surface area contributed by atoms with Crippen LogP contribution in [0.15, 0.2) is 182 Å². The van der Waals surface area contributed by atoms with E-state index in [1.54, 1.807) is 0 Å². The minimum atomic E-state index is 0.708. The number of benzene rings is 9. The van der Waals surface area contributed by atoms with Crippen LogP contribution in [0.2, 0.25) is 0 Å². The third-order valence-corrected chi connectivity index (χ3v) is 11.2. The van der Waals surface area contributed by atoms with Gasteiger partial charge in [0.15, 0.2) is 5.82 Å². The normalized spacial score (nSPS) is 12.5. The Morgan fingerprint density at radius 1 is 0.364 bits per heavy atom. The van der Waals surface area contributed by atoms with Gasteiger partial charge in [-0.2, -0.15) is 0 Å². The van der Waals surface area contributed by atoms with E-state index in [0.717, 1.165) is 39.9 Å². The lowest BCUT2D eigenvalue weighted by Gasteiger charge is -2.18. The predicted octanol–water partition coefficient (Wildman–Crippen LogP) is 14.3. The molecule has 1 aliphatic carbocycles. The molecule has 0 spiro atoms. The van der Waals surface area contributed by atoms with E-state index in [0.29, 0.717) is 5.82 Å². The van der Waals surface area contributed by atoms with Crippen LogP contribution in [-0.2, 0) is 0 Å². The monoisotopic (exact) mass is 698 g/mol. The van der Waals surface area contributed by atoms with Crippen molar-refractivity contribution in [3.8, 4) is 56.2 Å². The number of hydrogen-bond donors (Lipinski definition) is 0. The highest BCUT2D eigenvalue weighted by Crippen LogP contribution is 2.43. The molecule has 0 radical (unpaired) electrons. The van der Waals surface area contributed by atoms with Crippen LogP contribution in [-0.4, -0.2) is 9.97 Å². The van der Waals surface area contributed by atoms with Crippen molar-refractivity contribution in [2.75, 3.05) is 0 Å². The van der Waals surface area contributed by atoms with Crippen LogP contribution in [0.5, 0.6) is 0 Å². The number of hydrogen-bond acceptors (Lipinski definition) is 2. The zero-order valence-electron chi connectivity index (χ0n) is 30.1. The molecule has 0 aliphatic heterocycles. The molecule has 1 aliphatic rings. The molecule has 0 bridgehead atoms. The third-order valence-electron chi connectivity index (χ3n) is 11.2. The summed E-state index contributed by atoms with van der Waals surface area (Å²) < 4.78 is 0. The molecule has 0 saturated heterocycles.